The lowest BCUT2D eigenvalue weighted by molar-refractivity contribution is -0.147. The number of nitrogens with one attached hydrogen (secondary N) is 1. The number of nitrogens with zero attached hydrogens (tertiary/aromatic N) is 1. The average Bonchev–Trinajstić information content (AvgIpc) is 3.19. The minimum Gasteiger partial charge on any atom is -0.480 e. The van der Waals surface area contributed by atoms with Gasteiger partial charge in [0.25, 0.3) is 0 Å². The number of carbonyl (C=O) groups is 1. The van der Waals surface area contributed by atoms with Crippen LogP contribution in [0.15, 0.2) is 0 Å². The number of hydrogen-bond donors (Lipinski definition) is 2. The third kappa shape index (κ3) is 3.29. The molecule has 0 saturated heterocycles. The molecule has 0 spiro atoms. The van der Waals surface area contributed by atoms with Gasteiger partial charge in [-0.3, -0.25) is 9.69 Å². The minimum atomic E-state index is -0.709. The van der Waals surface area contributed by atoms with Gasteiger partial charge in [0.05, 0.1) is 0 Å². The number of carboxylic acids is 1. The number of rotatable bonds is 6. The lowest BCUT2D eigenvalue weighted by Crippen LogP contribution is -2.58. The molecule has 0 aromatic heterocycles. The molecule has 4 heteroatoms. The lowest BCUT2D eigenvalue weighted by atomic mass is 9.78. The molecule has 0 bridgehead atoms. The highest BCUT2D eigenvalue weighted by Gasteiger charge is 2.44. The largest absolute Gasteiger partial charge is 0.480 e. The standard InChI is InChI=1S/C15H28N2O2/c1-11(2)17(10-12-6-7-12)13-5-4-8-15(9-13,16-3)14(18)19/h11-13,16H,4-10H2,1-3H3,(H,18,19). The number of likely N-dealkylation sites (N-methyl/N-ethyl adjacent to an activating group) is 1. The predicted octanol–water partition coefficient (Wildman–Crippen LogP) is 2.09. The lowest BCUT2D eigenvalue weighted by Gasteiger charge is -2.44. The van der Waals surface area contributed by atoms with Gasteiger partial charge in [-0.25, -0.2) is 0 Å². The molecule has 2 fully saturated rings. The Morgan fingerprint density at radius 2 is 2.11 bits per heavy atom. The first-order valence-electron chi connectivity index (χ1n) is 7.66. The van der Waals surface area contributed by atoms with Crippen molar-refractivity contribution in [3.05, 3.63) is 0 Å². The molecule has 19 heavy (non-hydrogen) atoms. The third-order valence-corrected chi connectivity index (χ3v) is 4.91. The van der Waals surface area contributed by atoms with Crippen LogP contribution >= 0.6 is 0 Å². The zero-order valence-corrected chi connectivity index (χ0v) is 12.5. The maximum Gasteiger partial charge on any atom is 0.323 e. The van der Waals surface area contributed by atoms with E-state index in [0.717, 1.165) is 38.1 Å². The van der Waals surface area contributed by atoms with Gasteiger partial charge in [-0.1, -0.05) is 0 Å². The maximum atomic E-state index is 11.6. The van der Waals surface area contributed by atoms with E-state index in [1.165, 1.54) is 12.8 Å². The normalized spacial score (nSPS) is 31.9. The summed E-state index contributed by atoms with van der Waals surface area (Å²) in [6, 6.07) is 0.921. The van der Waals surface area contributed by atoms with Crippen LogP contribution in [0.5, 0.6) is 0 Å². The van der Waals surface area contributed by atoms with Crippen LogP contribution < -0.4 is 5.32 Å². The summed E-state index contributed by atoms with van der Waals surface area (Å²) in [4.78, 5) is 14.1. The molecular weight excluding hydrogens is 240 g/mol. The second kappa shape index (κ2) is 5.80. The highest BCUT2D eigenvalue weighted by Crippen LogP contribution is 2.36. The summed E-state index contributed by atoms with van der Waals surface area (Å²) in [7, 11) is 1.79. The van der Waals surface area contributed by atoms with Crippen LogP contribution in [0.1, 0.15) is 52.4 Å². The van der Waals surface area contributed by atoms with Crippen LogP contribution in [0, 0.1) is 5.92 Å². The van der Waals surface area contributed by atoms with Gasteiger partial charge in [-0.05, 0) is 65.3 Å². The van der Waals surface area contributed by atoms with Gasteiger partial charge in [-0.15, -0.1) is 0 Å². The summed E-state index contributed by atoms with van der Waals surface area (Å²) >= 11 is 0. The minimum absolute atomic E-state index is 0.415. The quantitative estimate of drug-likeness (QED) is 0.774. The molecule has 0 heterocycles. The molecule has 110 valence electrons. The van der Waals surface area contributed by atoms with Crippen molar-refractivity contribution in [1.29, 1.82) is 0 Å². The Morgan fingerprint density at radius 3 is 2.58 bits per heavy atom. The van der Waals surface area contributed by atoms with Crippen molar-refractivity contribution in [2.24, 2.45) is 5.92 Å². The number of aliphatic carboxylic acids is 1. The van der Waals surface area contributed by atoms with E-state index >= 15 is 0 Å². The molecule has 2 atom stereocenters. The van der Waals surface area contributed by atoms with E-state index in [1.54, 1.807) is 7.05 Å². The zero-order chi connectivity index (χ0) is 14.0. The molecule has 0 aromatic carbocycles. The summed E-state index contributed by atoms with van der Waals surface area (Å²) in [5.41, 5.74) is -0.709. The van der Waals surface area contributed by atoms with Gasteiger partial charge in [0.15, 0.2) is 0 Å². The molecule has 2 aliphatic rings. The Kier molecular flexibility index (Phi) is 4.51. The molecule has 2 N–H and O–H groups in total. The van der Waals surface area contributed by atoms with E-state index in [4.69, 9.17) is 0 Å². The number of carboxylic acid groups (broad SMARTS) is 1. The second-order valence-corrected chi connectivity index (χ2v) is 6.62. The first kappa shape index (κ1) is 14.8. The summed E-state index contributed by atoms with van der Waals surface area (Å²) in [6.45, 7) is 5.62. The zero-order valence-electron chi connectivity index (χ0n) is 12.5. The van der Waals surface area contributed by atoms with Crippen LogP contribution in [0.25, 0.3) is 0 Å². The fraction of sp³-hybridized carbons (Fsp3) is 0.933. The smallest absolute Gasteiger partial charge is 0.323 e. The molecule has 0 amide bonds. The van der Waals surface area contributed by atoms with Crippen molar-refractivity contribution in [3.8, 4) is 0 Å². The molecule has 0 radical (unpaired) electrons. The van der Waals surface area contributed by atoms with E-state index in [0.29, 0.717) is 12.1 Å². The van der Waals surface area contributed by atoms with Crippen molar-refractivity contribution in [2.75, 3.05) is 13.6 Å². The van der Waals surface area contributed by atoms with E-state index in [1.807, 2.05) is 0 Å². The van der Waals surface area contributed by atoms with Gasteiger partial charge in [0.1, 0.15) is 5.54 Å². The Morgan fingerprint density at radius 1 is 1.42 bits per heavy atom. The fourth-order valence-corrected chi connectivity index (χ4v) is 3.44. The Balaban J connectivity index is 2.06. The monoisotopic (exact) mass is 268 g/mol. The predicted molar refractivity (Wildman–Crippen MR) is 76.2 cm³/mol. The van der Waals surface area contributed by atoms with Crippen LogP contribution in [-0.4, -0.2) is 47.2 Å². The Labute approximate surface area is 116 Å². The van der Waals surface area contributed by atoms with E-state index in [2.05, 4.69) is 24.1 Å². The van der Waals surface area contributed by atoms with E-state index in [-0.39, 0.29) is 0 Å². The Hall–Kier alpha value is -0.610. The van der Waals surface area contributed by atoms with Crippen molar-refractivity contribution in [2.45, 2.75) is 70.0 Å². The first-order chi connectivity index (χ1) is 8.98. The topological polar surface area (TPSA) is 52.6 Å². The van der Waals surface area contributed by atoms with Crippen molar-refractivity contribution in [3.63, 3.8) is 0 Å². The molecular formula is C15H28N2O2. The van der Waals surface area contributed by atoms with Gasteiger partial charge in [0, 0.05) is 18.6 Å². The van der Waals surface area contributed by atoms with Gasteiger partial charge < -0.3 is 10.4 Å². The SMILES string of the molecule is CNC1(C(=O)O)CCCC(N(CC2CC2)C(C)C)C1. The molecule has 0 aliphatic heterocycles. The summed E-state index contributed by atoms with van der Waals surface area (Å²) < 4.78 is 0. The van der Waals surface area contributed by atoms with Crippen molar-refractivity contribution >= 4 is 5.97 Å². The highest BCUT2D eigenvalue weighted by molar-refractivity contribution is 5.79. The van der Waals surface area contributed by atoms with Gasteiger partial charge in [-0.2, -0.15) is 0 Å². The summed E-state index contributed by atoms with van der Waals surface area (Å²) in [5.74, 6) is 0.174. The molecule has 0 aromatic rings. The fourth-order valence-electron chi connectivity index (χ4n) is 3.44. The molecule has 2 saturated carbocycles. The van der Waals surface area contributed by atoms with Crippen LogP contribution in [0.3, 0.4) is 0 Å². The van der Waals surface area contributed by atoms with Gasteiger partial charge >= 0.3 is 5.97 Å². The average molecular weight is 268 g/mol. The summed E-state index contributed by atoms with van der Waals surface area (Å²) in [6.07, 6.45) is 6.35. The Bertz CT molecular complexity index is 328. The molecule has 4 nitrogen and oxygen atoms in total. The van der Waals surface area contributed by atoms with Crippen LogP contribution in [-0.2, 0) is 4.79 Å². The molecule has 2 unspecified atom stereocenters. The van der Waals surface area contributed by atoms with E-state index < -0.39 is 11.5 Å². The second-order valence-electron chi connectivity index (χ2n) is 6.62. The van der Waals surface area contributed by atoms with Gasteiger partial charge in [0.2, 0.25) is 0 Å². The molecule has 2 rings (SSSR count). The van der Waals surface area contributed by atoms with Crippen LogP contribution in [0.2, 0.25) is 0 Å². The van der Waals surface area contributed by atoms with E-state index in [9.17, 15) is 9.90 Å². The third-order valence-electron chi connectivity index (χ3n) is 4.91. The van der Waals surface area contributed by atoms with Crippen LogP contribution in [0.4, 0.5) is 0 Å². The summed E-state index contributed by atoms with van der Waals surface area (Å²) in [5, 5.41) is 12.6. The number of hydrogen-bond acceptors (Lipinski definition) is 3. The highest BCUT2D eigenvalue weighted by atomic mass is 16.4. The maximum absolute atomic E-state index is 11.6. The first-order valence-corrected chi connectivity index (χ1v) is 7.66. The van der Waals surface area contributed by atoms with Crippen molar-refractivity contribution < 1.29 is 9.90 Å². The molecule has 2 aliphatic carbocycles. The van der Waals surface area contributed by atoms with Crippen molar-refractivity contribution in [1.82, 2.24) is 10.2 Å².